The second-order valence-corrected chi connectivity index (χ2v) is 8.61. The summed E-state index contributed by atoms with van der Waals surface area (Å²) in [7, 11) is -3.18. The van der Waals surface area contributed by atoms with Crippen molar-refractivity contribution in [3.8, 4) is 28.4 Å². The molecule has 1 N–H and O–H groups in total. The van der Waals surface area contributed by atoms with E-state index < -0.39 is 9.84 Å². The molecule has 1 atom stereocenters. The van der Waals surface area contributed by atoms with E-state index >= 15 is 0 Å². The number of nitrogens with zero attached hydrogens (tertiary/aromatic N) is 4. The van der Waals surface area contributed by atoms with Crippen molar-refractivity contribution in [3.63, 3.8) is 0 Å². The van der Waals surface area contributed by atoms with Crippen LogP contribution >= 0.6 is 12.4 Å². The van der Waals surface area contributed by atoms with Gasteiger partial charge >= 0.3 is 0 Å². The summed E-state index contributed by atoms with van der Waals surface area (Å²) in [6.07, 6.45) is 3.19. The molecule has 3 heterocycles. The molecule has 0 aliphatic carbocycles. The summed E-state index contributed by atoms with van der Waals surface area (Å²) >= 11 is 0. The van der Waals surface area contributed by atoms with Crippen LogP contribution in [-0.4, -0.2) is 39.3 Å². The van der Waals surface area contributed by atoms with Gasteiger partial charge in [0.05, 0.1) is 29.2 Å². The van der Waals surface area contributed by atoms with Crippen LogP contribution in [0.25, 0.3) is 22.5 Å². The van der Waals surface area contributed by atoms with Crippen LogP contribution in [0.1, 0.15) is 17.2 Å². The molecule has 1 aliphatic rings. The van der Waals surface area contributed by atoms with Crippen molar-refractivity contribution in [2.24, 2.45) is 0 Å². The molecule has 1 aliphatic heterocycles. The van der Waals surface area contributed by atoms with Crippen molar-refractivity contribution < 1.29 is 13.5 Å². The van der Waals surface area contributed by atoms with Crippen LogP contribution in [0.15, 0.2) is 48.0 Å². The summed E-state index contributed by atoms with van der Waals surface area (Å²) in [5.74, 6) is -0.182. The predicted molar refractivity (Wildman–Crippen MR) is 109 cm³/mol. The minimum absolute atomic E-state index is 0. The lowest BCUT2D eigenvalue weighted by molar-refractivity contribution is 0.456. The average molecular weight is 419 g/mol. The Kier molecular flexibility index (Phi) is 5.27. The van der Waals surface area contributed by atoms with Gasteiger partial charge in [-0.15, -0.1) is 17.5 Å². The van der Waals surface area contributed by atoms with Crippen LogP contribution < -0.4 is 0 Å². The fourth-order valence-electron chi connectivity index (χ4n) is 3.00. The van der Waals surface area contributed by atoms with Crippen LogP contribution in [0.5, 0.6) is 5.88 Å². The first kappa shape index (κ1) is 20.0. The Morgan fingerprint density at radius 2 is 1.89 bits per heavy atom. The highest BCUT2D eigenvalue weighted by molar-refractivity contribution is 7.94. The van der Waals surface area contributed by atoms with Crippen molar-refractivity contribution in [1.29, 1.82) is 0 Å². The second kappa shape index (κ2) is 7.37. The lowest BCUT2D eigenvalue weighted by Crippen LogP contribution is -2.12. The third kappa shape index (κ3) is 3.79. The highest BCUT2D eigenvalue weighted by atomic mass is 35.5. The molecule has 28 heavy (non-hydrogen) atoms. The predicted octanol–water partition coefficient (Wildman–Crippen LogP) is 3.23. The van der Waals surface area contributed by atoms with Crippen LogP contribution in [0.2, 0.25) is 0 Å². The molecule has 3 aromatic rings. The third-order valence-electron chi connectivity index (χ3n) is 4.71. The molecule has 2 aromatic heterocycles. The number of pyridine rings is 1. The standard InChI is InChI=1S/C19H18N4O3S.ClH/c1-12-3-4-14(9-13(12)2)17-6-5-16(19(24)20-17)18-10-23(22-21-18)15-7-8-27(25,26)11-15;/h3-10,15H,11H2,1-2H3,(H,20,24);1H/t15-;/m1./s1. The maximum atomic E-state index is 11.6. The van der Waals surface area contributed by atoms with Gasteiger partial charge in [0.2, 0.25) is 5.88 Å². The Labute approximate surface area is 169 Å². The van der Waals surface area contributed by atoms with E-state index in [1.807, 2.05) is 38.1 Å². The molecule has 4 rings (SSSR count). The maximum Gasteiger partial charge on any atom is 0.221 e. The van der Waals surface area contributed by atoms with Crippen LogP contribution in [-0.2, 0) is 9.84 Å². The van der Waals surface area contributed by atoms with Crippen molar-refractivity contribution in [3.05, 3.63) is 59.1 Å². The topological polar surface area (TPSA) is 98.0 Å². The number of halogens is 1. The zero-order valence-electron chi connectivity index (χ0n) is 15.3. The average Bonchev–Trinajstić information content (AvgIpc) is 3.23. The highest BCUT2D eigenvalue weighted by Gasteiger charge is 2.24. The van der Waals surface area contributed by atoms with Gasteiger partial charge in [-0.1, -0.05) is 17.3 Å². The molecule has 7 nitrogen and oxygen atoms in total. The van der Waals surface area contributed by atoms with Gasteiger partial charge in [0, 0.05) is 11.0 Å². The number of benzene rings is 1. The van der Waals surface area contributed by atoms with Gasteiger partial charge in [0.1, 0.15) is 5.69 Å². The molecule has 1 aromatic carbocycles. The summed E-state index contributed by atoms with van der Waals surface area (Å²) in [6, 6.07) is 9.18. The summed E-state index contributed by atoms with van der Waals surface area (Å²) in [5.41, 5.74) is 4.81. The number of hydrogen-bond acceptors (Lipinski definition) is 6. The molecule has 0 saturated carbocycles. The van der Waals surface area contributed by atoms with E-state index in [1.165, 1.54) is 15.7 Å². The third-order valence-corrected chi connectivity index (χ3v) is 6.09. The highest BCUT2D eigenvalue weighted by Crippen LogP contribution is 2.30. The van der Waals surface area contributed by atoms with E-state index in [9.17, 15) is 13.5 Å². The number of aryl methyl sites for hydroxylation is 2. The van der Waals surface area contributed by atoms with E-state index in [4.69, 9.17) is 0 Å². The van der Waals surface area contributed by atoms with Crippen LogP contribution in [0.3, 0.4) is 0 Å². The zero-order chi connectivity index (χ0) is 19.2. The summed E-state index contributed by atoms with van der Waals surface area (Å²) in [5, 5.41) is 19.6. The van der Waals surface area contributed by atoms with Gasteiger partial charge in [-0.2, -0.15) is 0 Å². The monoisotopic (exact) mass is 418 g/mol. The minimum atomic E-state index is -3.18. The Morgan fingerprint density at radius 3 is 2.54 bits per heavy atom. The second-order valence-electron chi connectivity index (χ2n) is 6.68. The molecular weight excluding hydrogens is 400 g/mol. The minimum Gasteiger partial charge on any atom is -0.493 e. The SMILES string of the molecule is Cc1ccc(-c2ccc(-c3cn([C@@H]4C=CS(=O)(=O)C4)nn3)c(O)n2)cc1C.Cl. The molecule has 146 valence electrons. The smallest absolute Gasteiger partial charge is 0.221 e. The summed E-state index contributed by atoms with van der Waals surface area (Å²) in [6.45, 7) is 4.07. The molecule has 0 amide bonds. The van der Waals surface area contributed by atoms with Crippen LogP contribution in [0.4, 0.5) is 0 Å². The maximum absolute atomic E-state index is 11.6. The number of aromatic nitrogens is 4. The van der Waals surface area contributed by atoms with Crippen LogP contribution in [0, 0.1) is 13.8 Å². The number of sulfone groups is 1. The number of allylic oxidation sites excluding steroid dienone is 1. The molecule has 0 radical (unpaired) electrons. The van der Waals surface area contributed by atoms with Gasteiger partial charge in [-0.05, 0) is 49.2 Å². The first-order chi connectivity index (χ1) is 12.8. The summed E-state index contributed by atoms with van der Waals surface area (Å²) < 4.78 is 24.6. The fraction of sp³-hybridized carbons (Fsp3) is 0.211. The number of rotatable bonds is 3. The van der Waals surface area contributed by atoms with Crippen molar-refractivity contribution in [1.82, 2.24) is 20.0 Å². The normalized spacial score (nSPS) is 17.4. The first-order valence-corrected chi connectivity index (χ1v) is 10.1. The summed E-state index contributed by atoms with van der Waals surface area (Å²) in [4.78, 5) is 4.29. The van der Waals surface area contributed by atoms with E-state index in [1.54, 1.807) is 18.3 Å². The Bertz CT molecular complexity index is 1170. The lowest BCUT2D eigenvalue weighted by atomic mass is 10.0. The number of aromatic hydroxyl groups is 1. The fourth-order valence-corrected chi connectivity index (χ4v) is 4.27. The van der Waals surface area contributed by atoms with Gasteiger partial charge in [0.15, 0.2) is 9.84 Å². The van der Waals surface area contributed by atoms with Gasteiger partial charge < -0.3 is 5.11 Å². The van der Waals surface area contributed by atoms with Gasteiger partial charge in [-0.3, -0.25) is 0 Å². The molecule has 0 saturated heterocycles. The van der Waals surface area contributed by atoms with E-state index in [2.05, 4.69) is 15.3 Å². The Morgan fingerprint density at radius 1 is 1.11 bits per heavy atom. The molecule has 0 spiro atoms. The van der Waals surface area contributed by atoms with Crippen molar-refractivity contribution in [2.45, 2.75) is 19.9 Å². The molecule has 9 heteroatoms. The number of hydrogen-bond donors (Lipinski definition) is 1. The van der Waals surface area contributed by atoms with E-state index in [0.717, 1.165) is 11.1 Å². The van der Waals surface area contributed by atoms with Gasteiger partial charge in [-0.25, -0.2) is 18.1 Å². The van der Waals surface area contributed by atoms with E-state index in [0.29, 0.717) is 17.0 Å². The first-order valence-electron chi connectivity index (χ1n) is 8.43. The molecule has 0 bridgehead atoms. The van der Waals surface area contributed by atoms with E-state index in [-0.39, 0.29) is 30.1 Å². The van der Waals surface area contributed by atoms with Crippen molar-refractivity contribution >= 4 is 22.2 Å². The Balaban J connectivity index is 0.00000225. The van der Waals surface area contributed by atoms with Gasteiger partial charge in [0.25, 0.3) is 0 Å². The Hall–Kier alpha value is -2.71. The lowest BCUT2D eigenvalue weighted by Gasteiger charge is -2.07. The molecule has 0 unspecified atom stereocenters. The quantitative estimate of drug-likeness (QED) is 0.701. The van der Waals surface area contributed by atoms with Crippen molar-refractivity contribution in [2.75, 3.05) is 5.75 Å². The zero-order valence-corrected chi connectivity index (χ0v) is 16.9. The largest absolute Gasteiger partial charge is 0.493 e. The molecule has 0 fully saturated rings. The molecular formula is C19H19ClN4O3S.